The van der Waals surface area contributed by atoms with Gasteiger partial charge in [0.25, 0.3) is 0 Å². The molecule has 3 atom stereocenters. The summed E-state index contributed by atoms with van der Waals surface area (Å²) in [6, 6.07) is 0.408. The summed E-state index contributed by atoms with van der Waals surface area (Å²) < 4.78 is 0. The van der Waals surface area contributed by atoms with Gasteiger partial charge in [-0.2, -0.15) is 0 Å². The van der Waals surface area contributed by atoms with Gasteiger partial charge in [-0.15, -0.1) is 0 Å². The van der Waals surface area contributed by atoms with Crippen LogP contribution in [0.4, 0.5) is 0 Å². The Morgan fingerprint density at radius 2 is 1.90 bits per heavy atom. The maximum absolute atomic E-state index is 12.4. The fourth-order valence-electron chi connectivity index (χ4n) is 5.02. The lowest BCUT2D eigenvalue weighted by molar-refractivity contribution is -0.124. The SMILES string of the molecule is CC1(C)C2CCC1(C)C(NC(=O)CC1CCNCC1)C2. The second kappa shape index (κ2) is 5.01. The standard InChI is InChI=1S/C17H30N2O/c1-16(2)13-4-7-17(16,3)14(11-13)19-15(20)10-12-5-8-18-9-6-12/h12-14,18H,4-11H2,1-3H3,(H,19,20). The van der Waals surface area contributed by atoms with Gasteiger partial charge in [-0.25, -0.2) is 0 Å². The Morgan fingerprint density at radius 3 is 2.45 bits per heavy atom. The van der Waals surface area contributed by atoms with Crippen LogP contribution < -0.4 is 10.6 Å². The maximum atomic E-state index is 12.4. The summed E-state index contributed by atoms with van der Waals surface area (Å²) in [6.45, 7) is 9.37. The Morgan fingerprint density at radius 1 is 1.20 bits per heavy atom. The number of hydrogen-bond acceptors (Lipinski definition) is 2. The lowest BCUT2D eigenvalue weighted by atomic mass is 9.69. The molecule has 1 amide bonds. The van der Waals surface area contributed by atoms with Gasteiger partial charge in [0.2, 0.25) is 5.91 Å². The number of amides is 1. The van der Waals surface area contributed by atoms with Crippen LogP contribution in [0.3, 0.4) is 0 Å². The molecule has 0 radical (unpaired) electrons. The summed E-state index contributed by atoms with van der Waals surface area (Å²) >= 11 is 0. The van der Waals surface area contributed by atoms with Gasteiger partial charge in [-0.05, 0) is 67.9 Å². The van der Waals surface area contributed by atoms with Crippen molar-refractivity contribution in [3.05, 3.63) is 0 Å². The number of carbonyl (C=O) groups is 1. The van der Waals surface area contributed by atoms with E-state index in [-0.39, 0.29) is 0 Å². The monoisotopic (exact) mass is 278 g/mol. The van der Waals surface area contributed by atoms with E-state index in [1.165, 1.54) is 19.3 Å². The molecule has 2 saturated carbocycles. The largest absolute Gasteiger partial charge is 0.353 e. The first-order chi connectivity index (χ1) is 9.43. The van der Waals surface area contributed by atoms with Gasteiger partial charge < -0.3 is 10.6 Å². The van der Waals surface area contributed by atoms with Gasteiger partial charge in [0, 0.05) is 12.5 Å². The van der Waals surface area contributed by atoms with Crippen LogP contribution in [0.25, 0.3) is 0 Å². The molecule has 2 aliphatic carbocycles. The van der Waals surface area contributed by atoms with Crippen molar-refractivity contribution >= 4 is 5.91 Å². The summed E-state index contributed by atoms with van der Waals surface area (Å²) in [5.74, 6) is 1.69. The van der Waals surface area contributed by atoms with Gasteiger partial charge in [-0.3, -0.25) is 4.79 Å². The van der Waals surface area contributed by atoms with Gasteiger partial charge in [0.1, 0.15) is 0 Å². The average molecular weight is 278 g/mol. The smallest absolute Gasteiger partial charge is 0.220 e. The predicted molar refractivity (Wildman–Crippen MR) is 81.4 cm³/mol. The number of carbonyl (C=O) groups excluding carboxylic acids is 1. The average Bonchev–Trinajstić information content (AvgIpc) is 2.73. The van der Waals surface area contributed by atoms with E-state index in [9.17, 15) is 4.79 Å². The lowest BCUT2D eigenvalue weighted by Crippen LogP contribution is -2.47. The van der Waals surface area contributed by atoms with E-state index < -0.39 is 0 Å². The number of rotatable bonds is 3. The lowest BCUT2D eigenvalue weighted by Gasteiger charge is -2.39. The van der Waals surface area contributed by atoms with Crippen molar-refractivity contribution in [1.29, 1.82) is 0 Å². The van der Waals surface area contributed by atoms with E-state index >= 15 is 0 Å². The second-order valence-corrected chi connectivity index (χ2v) is 8.13. The quantitative estimate of drug-likeness (QED) is 0.833. The number of fused-ring (bicyclic) bond motifs is 2. The van der Waals surface area contributed by atoms with Crippen molar-refractivity contribution in [2.75, 3.05) is 13.1 Å². The first-order valence-corrected chi connectivity index (χ1v) is 8.43. The molecule has 3 fully saturated rings. The zero-order chi connectivity index (χ0) is 14.4. The minimum Gasteiger partial charge on any atom is -0.353 e. The first-order valence-electron chi connectivity index (χ1n) is 8.43. The van der Waals surface area contributed by atoms with Crippen LogP contribution >= 0.6 is 0 Å². The summed E-state index contributed by atoms with van der Waals surface area (Å²) in [4.78, 5) is 12.4. The molecule has 1 heterocycles. The fraction of sp³-hybridized carbons (Fsp3) is 0.941. The highest BCUT2D eigenvalue weighted by Crippen LogP contribution is 2.65. The Bertz CT molecular complexity index is 386. The van der Waals surface area contributed by atoms with Crippen molar-refractivity contribution in [2.24, 2.45) is 22.7 Å². The number of piperidine rings is 1. The van der Waals surface area contributed by atoms with Gasteiger partial charge in [0.05, 0.1) is 0 Å². The molecule has 3 rings (SSSR count). The highest BCUT2D eigenvalue weighted by molar-refractivity contribution is 5.76. The van der Waals surface area contributed by atoms with Crippen molar-refractivity contribution in [3.8, 4) is 0 Å². The summed E-state index contributed by atoms with van der Waals surface area (Å²) in [6.07, 6.45) is 6.88. The molecule has 3 unspecified atom stereocenters. The van der Waals surface area contributed by atoms with E-state index in [1.54, 1.807) is 0 Å². The number of hydrogen-bond donors (Lipinski definition) is 2. The van der Waals surface area contributed by atoms with E-state index in [2.05, 4.69) is 31.4 Å². The molecule has 0 aromatic carbocycles. The predicted octanol–water partition coefficient (Wildman–Crippen LogP) is 2.71. The molecule has 0 spiro atoms. The van der Waals surface area contributed by atoms with Crippen LogP contribution in [0.15, 0.2) is 0 Å². The summed E-state index contributed by atoms with van der Waals surface area (Å²) in [5.41, 5.74) is 0.696. The Hall–Kier alpha value is -0.570. The molecule has 20 heavy (non-hydrogen) atoms. The van der Waals surface area contributed by atoms with Gasteiger partial charge in [0.15, 0.2) is 0 Å². The van der Waals surface area contributed by atoms with Crippen molar-refractivity contribution in [2.45, 2.75) is 65.3 Å². The van der Waals surface area contributed by atoms with Crippen molar-refractivity contribution in [3.63, 3.8) is 0 Å². The van der Waals surface area contributed by atoms with Crippen LogP contribution in [0.2, 0.25) is 0 Å². The minimum atomic E-state index is 0.298. The fourth-order valence-corrected chi connectivity index (χ4v) is 5.02. The minimum absolute atomic E-state index is 0.298. The van der Waals surface area contributed by atoms with Crippen molar-refractivity contribution in [1.82, 2.24) is 10.6 Å². The second-order valence-electron chi connectivity index (χ2n) is 8.13. The van der Waals surface area contributed by atoms with Crippen LogP contribution in [-0.2, 0) is 4.79 Å². The maximum Gasteiger partial charge on any atom is 0.220 e. The summed E-state index contributed by atoms with van der Waals surface area (Å²) in [5, 5.41) is 6.76. The molecule has 1 aliphatic heterocycles. The molecular formula is C17H30N2O. The van der Waals surface area contributed by atoms with E-state index in [4.69, 9.17) is 0 Å². The molecule has 114 valence electrons. The Kier molecular flexibility index (Phi) is 3.60. The molecule has 3 heteroatoms. The molecule has 0 aromatic rings. The van der Waals surface area contributed by atoms with Crippen LogP contribution in [0.1, 0.15) is 59.3 Å². The topological polar surface area (TPSA) is 41.1 Å². The summed E-state index contributed by atoms with van der Waals surface area (Å²) in [7, 11) is 0. The first kappa shape index (κ1) is 14.4. The molecule has 3 aliphatic rings. The zero-order valence-electron chi connectivity index (χ0n) is 13.3. The van der Waals surface area contributed by atoms with Crippen LogP contribution in [0.5, 0.6) is 0 Å². The van der Waals surface area contributed by atoms with Gasteiger partial charge in [-0.1, -0.05) is 20.8 Å². The normalized spacial score (nSPS) is 40.0. The molecule has 3 nitrogen and oxygen atoms in total. The van der Waals surface area contributed by atoms with Crippen LogP contribution in [0, 0.1) is 22.7 Å². The van der Waals surface area contributed by atoms with E-state index in [0.29, 0.717) is 28.7 Å². The molecule has 2 bridgehead atoms. The van der Waals surface area contributed by atoms with E-state index in [1.807, 2.05) is 0 Å². The zero-order valence-corrected chi connectivity index (χ0v) is 13.3. The molecule has 2 N–H and O–H groups in total. The Balaban J connectivity index is 1.57. The third-order valence-corrected chi connectivity index (χ3v) is 7.06. The molecule has 1 saturated heterocycles. The molecule has 0 aromatic heterocycles. The Labute approximate surface area is 123 Å². The van der Waals surface area contributed by atoms with Gasteiger partial charge >= 0.3 is 0 Å². The third kappa shape index (κ3) is 2.18. The van der Waals surface area contributed by atoms with E-state index in [0.717, 1.165) is 38.3 Å². The van der Waals surface area contributed by atoms with Crippen molar-refractivity contribution < 1.29 is 4.79 Å². The highest BCUT2D eigenvalue weighted by Gasteiger charge is 2.61. The highest BCUT2D eigenvalue weighted by atomic mass is 16.1. The molecular weight excluding hydrogens is 248 g/mol. The number of nitrogens with one attached hydrogen (secondary N) is 2. The third-order valence-electron chi connectivity index (χ3n) is 7.06. The van der Waals surface area contributed by atoms with Crippen LogP contribution in [-0.4, -0.2) is 25.0 Å².